The number of hydrogen-bond donors (Lipinski definition) is 1. The van der Waals surface area contributed by atoms with Crippen molar-refractivity contribution < 1.29 is 18.4 Å². The summed E-state index contributed by atoms with van der Waals surface area (Å²) in [6.45, 7) is 1.64. The molecule has 1 N–H and O–H groups in total. The van der Waals surface area contributed by atoms with E-state index in [2.05, 4.69) is 10.3 Å². The molecule has 4 rings (SSSR count). The number of aromatic nitrogens is 1. The Morgan fingerprint density at radius 3 is 2.55 bits per heavy atom. The van der Waals surface area contributed by atoms with E-state index in [-0.39, 0.29) is 23.4 Å². The van der Waals surface area contributed by atoms with Gasteiger partial charge in [0.15, 0.2) is 5.76 Å². The zero-order valence-corrected chi connectivity index (χ0v) is 17.3. The Kier molecular flexibility index (Phi) is 6.11. The fourth-order valence-electron chi connectivity index (χ4n) is 3.95. The fraction of sp³-hybridized carbons (Fsp3) is 0.292. The molecule has 2 heterocycles. The van der Waals surface area contributed by atoms with Gasteiger partial charge in [0, 0.05) is 24.1 Å². The van der Waals surface area contributed by atoms with Gasteiger partial charge in [-0.1, -0.05) is 18.9 Å². The average molecular weight is 421 g/mol. The molecule has 7 heteroatoms. The van der Waals surface area contributed by atoms with Gasteiger partial charge in [-0.05, 0) is 67.3 Å². The molecule has 0 aliphatic heterocycles. The van der Waals surface area contributed by atoms with Crippen molar-refractivity contribution in [2.75, 3.05) is 4.90 Å². The summed E-state index contributed by atoms with van der Waals surface area (Å²) in [7, 11) is 0. The predicted octanol–water partition coefficient (Wildman–Crippen LogP) is 4.57. The van der Waals surface area contributed by atoms with Crippen LogP contribution in [0, 0.1) is 12.7 Å². The molecule has 0 spiro atoms. The Morgan fingerprint density at radius 2 is 1.90 bits per heavy atom. The number of amides is 2. The first-order valence-electron chi connectivity index (χ1n) is 10.4. The quantitative estimate of drug-likeness (QED) is 0.633. The second-order valence-electron chi connectivity index (χ2n) is 7.76. The van der Waals surface area contributed by atoms with Crippen molar-refractivity contribution in [1.29, 1.82) is 0 Å². The maximum absolute atomic E-state index is 14.5. The highest BCUT2D eigenvalue weighted by atomic mass is 19.1. The number of halogens is 1. The van der Waals surface area contributed by atoms with Gasteiger partial charge in [0.2, 0.25) is 5.91 Å². The molecule has 1 unspecified atom stereocenters. The minimum Gasteiger partial charge on any atom is -0.459 e. The maximum atomic E-state index is 14.5. The number of nitrogens with zero attached hydrogens (tertiary/aromatic N) is 2. The van der Waals surface area contributed by atoms with Crippen LogP contribution in [0.5, 0.6) is 0 Å². The van der Waals surface area contributed by atoms with Crippen LogP contribution in [0.25, 0.3) is 0 Å². The SMILES string of the molecule is Cc1ccc(N(C(=O)c2ccco2)C(C(=O)NC2CCCC2)c2ccncc2)cc1F. The molecule has 6 nitrogen and oxygen atoms in total. The van der Waals surface area contributed by atoms with Crippen molar-refractivity contribution >= 4 is 17.5 Å². The lowest BCUT2D eigenvalue weighted by Crippen LogP contribution is -2.46. The van der Waals surface area contributed by atoms with Gasteiger partial charge in [0.25, 0.3) is 5.91 Å². The van der Waals surface area contributed by atoms with E-state index in [9.17, 15) is 14.0 Å². The molecular weight excluding hydrogens is 397 g/mol. The first kappa shape index (κ1) is 20.8. The number of hydrogen-bond acceptors (Lipinski definition) is 4. The van der Waals surface area contributed by atoms with Crippen LogP contribution in [-0.2, 0) is 4.79 Å². The van der Waals surface area contributed by atoms with Crippen LogP contribution >= 0.6 is 0 Å². The minimum absolute atomic E-state index is 0.0622. The van der Waals surface area contributed by atoms with Crippen molar-refractivity contribution in [3.05, 3.63) is 83.8 Å². The van der Waals surface area contributed by atoms with Crippen LogP contribution in [-0.4, -0.2) is 22.8 Å². The second-order valence-corrected chi connectivity index (χ2v) is 7.76. The molecule has 1 aliphatic carbocycles. The lowest BCUT2D eigenvalue weighted by atomic mass is 10.0. The van der Waals surface area contributed by atoms with Crippen LogP contribution in [0.4, 0.5) is 10.1 Å². The molecule has 1 atom stereocenters. The van der Waals surface area contributed by atoms with Gasteiger partial charge in [-0.25, -0.2) is 4.39 Å². The van der Waals surface area contributed by atoms with Crippen LogP contribution in [0.3, 0.4) is 0 Å². The summed E-state index contributed by atoms with van der Waals surface area (Å²) in [5.41, 5.74) is 1.30. The highest BCUT2D eigenvalue weighted by Crippen LogP contribution is 2.31. The Morgan fingerprint density at radius 1 is 1.16 bits per heavy atom. The van der Waals surface area contributed by atoms with E-state index in [4.69, 9.17) is 4.42 Å². The van der Waals surface area contributed by atoms with Crippen molar-refractivity contribution in [1.82, 2.24) is 10.3 Å². The molecule has 1 saturated carbocycles. The lowest BCUT2D eigenvalue weighted by molar-refractivity contribution is -0.123. The first-order chi connectivity index (χ1) is 15.0. The highest BCUT2D eigenvalue weighted by molar-refractivity contribution is 6.08. The van der Waals surface area contributed by atoms with Crippen molar-refractivity contribution in [3.8, 4) is 0 Å². The average Bonchev–Trinajstić information content (AvgIpc) is 3.48. The number of nitrogens with one attached hydrogen (secondary N) is 1. The van der Waals surface area contributed by atoms with Crippen LogP contribution in [0.15, 0.2) is 65.5 Å². The maximum Gasteiger partial charge on any atom is 0.294 e. The molecule has 1 fully saturated rings. The van der Waals surface area contributed by atoms with Gasteiger partial charge in [-0.2, -0.15) is 0 Å². The smallest absolute Gasteiger partial charge is 0.294 e. The van der Waals surface area contributed by atoms with Gasteiger partial charge < -0.3 is 9.73 Å². The molecule has 1 aliphatic rings. The third kappa shape index (κ3) is 4.50. The molecule has 0 bridgehead atoms. The largest absolute Gasteiger partial charge is 0.459 e. The molecule has 31 heavy (non-hydrogen) atoms. The number of anilines is 1. The Balaban J connectivity index is 1.81. The zero-order valence-electron chi connectivity index (χ0n) is 17.3. The number of carbonyl (C=O) groups excluding carboxylic acids is 2. The Hall–Kier alpha value is -3.48. The number of furan rings is 1. The number of pyridine rings is 1. The topological polar surface area (TPSA) is 75.4 Å². The molecule has 0 radical (unpaired) electrons. The molecule has 2 aromatic heterocycles. The third-order valence-electron chi connectivity index (χ3n) is 5.61. The normalized spacial score (nSPS) is 14.9. The summed E-state index contributed by atoms with van der Waals surface area (Å²) >= 11 is 0. The summed E-state index contributed by atoms with van der Waals surface area (Å²) in [6, 6.07) is 10.0. The highest BCUT2D eigenvalue weighted by Gasteiger charge is 2.36. The van der Waals surface area contributed by atoms with E-state index in [1.54, 1.807) is 49.6 Å². The van der Waals surface area contributed by atoms with Gasteiger partial charge in [-0.15, -0.1) is 0 Å². The molecule has 3 aromatic rings. The molecule has 2 amide bonds. The standard InChI is InChI=1S/C24H24FN3O3/c1-16-8-9-19(15-20(16)25)28(24(30)21-7-4-14-31-21)22(17-10-12-26-13-11-17)23(29)27-18-5-2-3-6-18/h4,7-15,18,22H,2-3,5-6H2,1H3,(H,27,29). The van der Waals surface area contributed by atoms with Gasteiger partial charge in [0.1, 0.15) is 11.9 Å². The lowest BCUT2D eigenvalue weighted by Gasteiger charge is -2.31. The summed E-state index contributed by atoms with van der Waals surface area (Å²) in [5, 5.41) is 3.08. The summed E-state index contributed by atoms with van der Waals surface area (Å²) in [4.78, 5) is 32.3. The summed E-state index contributed by atoms with van der Waals surface area (Å²) in [6.07, 6.45) is 8.44. The first-order valence-corrected chi connectivity index (χ1v) is 10.4. The van der Waals surface area contributed by atoms with E-state index >= 15 is 0 Å². The van der Waals surface area contributed by atoms with E-state index in [1.165, 1.54) is 23.3 Å². The van der Waals surface area contributed by atoms with Crippen molar-refractivity contribution in [2.24, 2.45) is 0 Å². The number of benzene rings is 1. The van der Waals surface area contributed by atoms with Crippen LogP contribution in [0.2, 0.25) is 0 Å². The van der Waals surface area contributed by atoms with E-state index in [1.807, 2.05) is 0 Å². The van der Waals surface area contributed by atoms with Gasteiger partial charge in [-0.3, -0.25) is 19.5 Å². The van der Waals surface area contributed by atoms with E-state index < -0.39 is 17.8 Å². The Bertz CT molecular complexity index is 1050. The fourth-order valence-corrected chi connectivity index (χ4v) is 3.95. The number of carbonyl (C=O) groups is 2. The zero-order chi connectivity index (χ0) is 21.8. The minimum atomic E-state index is -1.01. The van der Waals surface area contributed by atoms with Gasteiger partial charge in [0.05, 0.1) is 6.26 Å². The van der Waals surface area contributed by atoms with Crippen LogP contribution < -0.4 is 10.2 Å². The Labute approximate surface area is 180 Å². The molecule has 160 valence electrons. The number of aryl methyl sites for hydroxylation is 1. The predicted molar refractivity (Wildman–Crippen MR) is 114 cm³/mol. The van der Waals surface area contributed by atoms with Crippen LogP contribution in [0.1, 0.15) is 53.4 Å². The van der Waals surface area contributed by atoms with Gasteiger partial charge >= 0.3 is 0 Å². The molecular formula is C24H24FN3O3. The molecule has 0 saturated heterocycles. The summed E-state index contributed by atoms with van der Waals surface area (Å²) < 4.78 is 19.8. The van der Waals surface area contributed by atoms with E-state index in [0.29, 0.717) is 11.1 Å². The third-order valence-corrected chi connectivity index (χ3v) is 5.61. The monoisotopic (exact) mass is 421 g/mol. The van der Waals surface area contributed by atoms with Crippen molar-refractivity contribution in [3.63, 3.8) is 0 Å². The van der Waals surface area contributed by atoms with Crippen molar-refractivity contribution in [2.45, 2.75) is 44.7 Å². The molecule has 1 aromatic carbocycles. The number of rotatable bonds is 6. The summed E-state index contributed by atoms with van der Waals surface area (Å²) in [5.74, 6) is -1.25. The second kappa shape index (κ2) is 9.12. The van der Waals surface area contributed by atoms with E-state index in [0.717, 1.165) is 25.7 Å².